The fourth-order valence-electron chi connectivity index (χ4n) is 23.6. The summed E-state index contributed by atoms with van der Waals surface area (Å²) in [5, 5.41) is 7.16. The molecular formula is C132H105IrN6. The standard InChI is InChI=1S/C132H105N6.Ir/c1-127(2,3)85-60-63-133-114(72-85)79-52-55-100(120(69-79)136-117-49-31-26-44-98(117)107-75-105-95-41-23-28-46-109(95)130(10,11)112(105)77-123(107)136)91-37-19-16-34-88(91)82-66-83(89-35-17-20-38-92(89)101-56-53-80(115-73-86(61-64-134-115)128(4,5)6)70-121(101)137-118-50-32-27-45-99(118)108-76-106-96-42-24-29-47-110(96)131(12,13)113(106)78-124(108)137)68-84(67-82)90-36-18-21-39-93(90)102-57-54-81(116-74-87(62-65-135-116)129(7,8)9)71-122(102)138-119-51-33-25-43-97(119)104-59-58-103-94-40-22-30-48-111(94)132(14,15)125(103)126(104)138;/h16-51,55-78H,1-15H3;/q-3;+3. The van der Waals surface area contributed by atoms with E-state index in [1.165, 1.54) is 121 Å². The largest absolute Gasteiger partial charge is 3.00 e. The number of fused-ring (bicyclic) bond motifs is 19. The molecule has 0 bridgehead atoms. The van der Waals surface area contributed by atoms with Gasteiger partial charge in [0.1, 0.15) is 0 Å². The van der Waals surface area contributed by atoms with Gasteiger partial charge in [0.05, 0.1) is 33.1 Å². The van der Waals surface area contributed by atoms with Crippen LogP contribution in [0.5, 0.6) is 0 Å². The first-order chi connectivity index (χ1) is 66.6. The van der Waals surface area contributed by atoms with Crippen molar-refractivity contribution >= 4 is 65.4 Å². The summed E-state index contributed by atoms with van der Waals surface area (Å²) in [5.41, 5.74) is 45.7. The fraction of sp³-hybridized carbons (Fsp3) is 0.159. The molecule has 0 fully saturated rings. The molecule has 0 aliphatic heterocycles. The molecule has 6 heterocycles. The van der Waals surface area contributed by atoms with Gasteiger partial charge >= 0.3 is 20.1 Å². The van der Waals surface area contributed by atoms with Crippen molar-refractivity contribution in [3.63, 3.8) is 0 Å². The number of hydrogen-bond donors (Lipinski definition) is 0. The number of nitrogens with zero attached hydrogens (tertiary/aromatic N) is 6. The maximum absolute atomic E-state index is 5.23. The molecule has 0 spiro atoms. The van der Waals surface area contributed by atoms with E-state index in [4.69, 9.17) is 15.0 Å². The van der Waals surface area contributed by atoms with Crippen LogP contribution in [0, 0.1) is 18.2 Å². The second-order valence-electron chi connectivity index (χ2n) is 43.2. The van der Waals surface area contributed by atoms with Gasteiger partial charge in [0.25, 0.3) is 0 Å². The third kappa shape index (κ3) is 13.6. The molecule has 139 heavy (non-hydrogen) atoms. The predicted molar refractivity (Wildman–Crippen MR) is 577 cm³/mol. The molecule has 6 aromatic heterocycles. The molecule has 0 atom stereocenters. The van der Waals surface area contributed by atoms with Crippen molar-refractivity contribution in [2.75, 3.05) is 0 Å². The zero-order valence-electron chi connectivity index (χ0n) is 81.2. The van der Waals surface area contributed by atoms with Crippen LogP contribution in [0.4, 0.5) is 0 Å². The van der Waals surface area contributed by atoms with Crippen LogP contribution in [-0.4, -0.2) is 28.7 Å². The van der Waals surface area contributed by atoms with Crippen molar-refractivity contribution in [1.82, 2.24) is 28.7 Å². The Morgan fingerprint density at radius 3 is 0.899 bits per heavy atom. The van der Waals surface area contributed by atoms with Crippen molar-refractivity contribution in [2.24, 2.45) is 0 Å². The summed E-state index contributed by atoms with van der Waals surface area (Å²) >= 11 is 0. The van der Waals surface area contributed by atoms with E-state index in [9.17, 15) is 0 Å². The average Bonchev–Trinajstić information content (AvgIpc) is 1.54. The van der Waals surface area contributed by atoms with E-state index in [1.54, 1.807) is 0 Å². The van der Waals surface area contributed by atoms with E-state index in [2.05, 4.69) is 482 Å². The molecule has 16 aromatic carbocycles. The Kier molecular flexibility index (Phi) is 19.9. The van der Waals surface area contributed by atoms with E-state index >= 15 is 0 Å². The topological polar surface area (TPSA) is 53.5 Å². The van der Waals surface area contributed by atoms with Crippen LogP contribution in [0.25, 0.3) is 216 Å². The van der Waals surface area contributed by atoms with E-state index < -0.39 is 0 Å². The van der Waals surface area contributed by atoms with Crippen LogP contribution >= 0.6 is 0 Å². The Bertz CT molecular complexity index is 8590. The number of pyridine rings is 3. The Hall–Kier alpha value is -15.0. The molecule has 0 amide bonds. The summed E-state index contributed by atoms with van der Waals surface area (Å²) in [6, 6.07) is 143. The van der Waals surface area contributed by atoms with Gasteiger partial charge in [0, 0.05) is 67.2 Å². The maximum atomic E-state index is 5.23. The minimum atomic E-state index is -0.362. The molecule has 7 heteroatoms. The Morgan fingerprint density at radius 2 is 0.532 bits per heavy atom. The molecule has 6 nitrogen and oxygen atoms in total. The van der Waals surface area contributed by atoms with Gasteiger partial charge in [-0.2, -0.15) is 0 Å². The first-order valence-electron chi connectivity index (χ1n) is 48.7. The molecule has 0 unspecified atom stereocenters. The summed E-state index contributed by atoms with van der Waals surface area (Å²) in [4.78, 5) is 15.7. The van der Waals surface area contributed by atoms with Gasteiger partial charge in [-0.1, -0.05) is 368 Å². The van der Waals surface area contributed by atoms with Gasteiger partial charge in [-0.25, -0.2) is 0 Å². The molecule has 0 saturated heterocycles. The Labute approximate surface area is 827 Å². The molecule has 0 N–H and O–H groups in total. The molecule has 22 aromatic rings. The number of para-hydroxylation sites is 3. The second kappa shape index (κ2) is 31.8. The zero-order chi connectivity index (χ0) is 94.1. The SMILES string of the molecule is CC(C)(C)c1ccnc(-c2[c-]cc(-c3ccccc3-c3cc(-c4ccccc4-c4c[c-]c(-c5cc(C(C)(C)C)ccn5)cc4-n4c5ccccc5c5cc6c(cc54)C(C)(C)c4ccccc4-6)cc(-c4ccccc4-c4c[c-]c(-c5cc(C(C)(C)C)ccn5)cc4-n4c5ccccc5c5ccc6c(c54)C(C)(C)c4ccccc4-6)c3)c(-n3c4ccccc4c4cc5c(cc43)C(C)(C)c3ccccc3-5)c2)c1.[Ir+3]. The Balaban J connectivity index is 0.0000105. The van der Waals surface area contributed by atoms with Crippen LogP contribution in [-0.2, 0) is 52.6 Å². The third-order valence-corrected chi connectivity index (χ3v) is 30.8. The van der Waals surface area contributed by atoms with E-state index in [1.807, 2.05) is 18.6 Å². The van der Waals surface area contributed by atoms with Crippen molar-refractivity contribution in [1.29, 1.82) is 0 Å². The quantitative estimate of drug-likeness (QED) is 0.115. The number of benzene rings is 16. The van der Waals surface area contributed by atoms with Crippen LogP contribution < -0.4 is 0 Å². The van der Waals surface area contributed by atoms with E-state index in [0.717, 1.165) is 145 Å². The normalized spacial score (nSPS) is 13.8. The summed E-state index contributed by atoms with van der Waals surface area (Å²) in [7, 11) is 0. The smallest absolute Gasteiger partial charge is 0.326 e. The summed E-state index contributed by atoms with van der Waals surface area (Å²) in [6.07, 6.45) is 5.92. The van der Waals surface area contributed by atoms with Crippen molar-refractivity contribution in [3.8, 4) is 151 Å². The summed E-state index contributed by atoms with van der Waals surface area (Å²) in [5.74, 6) is 0. The summed E-state index contributed by atoms with van der Waals surface area (Å²) < 4.78 is 7.71. The van der Waals surface area contributed by atoms with Gasteiger partial charge in [0.15, 0.2) is 0 Å². The minimum Gasteiger partial charge on any atom is -0.326 e. The third-order valence-electron chi connectivity index (χ3n) is 30.8. The molecule has 25 rings (SSSR count). The number of hydrogen-bond acceptors (Lipinski definition) is 3. The van der Waals surface area contributed by atoms with Crippen molar-refractivity contribution < 1.29 is 20.1 Å². The van der Waals surface area contributed by atoms with Crippen LogP contribution in [0.3, 0.4) is 0 Å². The first-order valence-corrected chi connectivity index (χ1v) is 48.7. The van der Waals surface area contributed by atoms with Crippen molar-refractivity contribution in [3.05, 3.63) is 433 Å². The maximum Gasteiger partial charge on any atom is 3.00 e. The van der Waals surface area contributed by atoms with Gasteiger partial charge in [-0.3, -0.25) is 0 Å². The van der Waals surface area contributed by atoms with Gasteiger partial charge in [0.2, 0.25) is 0 Å². The molecule has 672 valence electrons. The molecule has 0 radical (unpaired) electrons. The Morgan fingerprint density at radius 1 is 0.230 bits per heavy atom. The van der Waals surface area contributed by atoms with Crippen LogP contribution in [0.15, 0.2) is 364 Å². The van der Waals surface area contributed by atoms with Gasteiger partial charge in [-0.05, 0) is 246 Å². The number of aromatic nitrogens is 6. The van der Waals surface area contributed by atoms with Gasteiger partial charge in [-0.15, -0.1) is 71.3 Å². The minimum absolute atomic E-state index is 0. The van der Waals surface area contributed by atoms with Crippen LogP contribution in [0.1, 0.15) is 154 Å². The van der Waals surface area contributed by atoms with Gasteiger partial charge < -0.3 is 28.7 Å². The molecule has 3 aliphatic rings. The molecule has 3 aliphatic carbocycles. The van der Waals surface area contributed by atoms with E-state index in [-0.39, 0.29) is 52.6 Å². The second-order valence-corrected chi connectivity index (χ2v) is 43.2. The predicted octanol–water partition coefficient (Wildman–Crippen LogP) is 34.4. The zero-order valence-corrected chi connectivity index (χ0v) is 83.6. The van der Waals surface area contributed by atoms with E-state index in [0.29, 0.717) is 0 Å². The first kappa shape index (κ1) is 86.8. The fourth-order valence-corrected chi connectivity index (χ4v) is 23.6. The monoisotopic (exact) mass is 1970 g/mol. The number of rotatable bonds is 12. The van der Waals surface area contributed by atoms with Crippen LogP contribution in [0.2, 0.25) is 0 Å². The average molecular weight is 1970 g/mol. The molecular weight excluding hydrogens is 1860 g/mol. The van der Waals surface area contributed by atoms with Crippen molar-refractivity contribution in [2.45, 2.75) is 136 Å². The summed E-state index contributed by atoms with van der Waals surface area (Å²) in [6.45, 7) is 34.9. The molecule has 0 saturated carbocycles.